The van der Waals surface area contributed by atoms with Crippen LogP contribution in [0.3, 0.4) is 0 Å². The number of nitrogens with one attached hydrogen (secondary N) is 1. The first-order valence-electron chi connectivity index (χ1n) is 14.7. The molecule has 1 saturated heterocycles. The smallest absolute Gasteiger partial charge is 0.345 e. The molecule has 4 rings (SSSR count). The van der Waals surface area contributed by atoms with E-state index in [0.29, 0.717) is 52.3 Å². The topological polar surface area (TPSA) is 108 Å². The van der Waals surface area contributed by atoms with Crippen LogP contribution in [-0.2, 0) is 4.74 Å². The Morgan fingerprint density at radius 3 is 2.04 bits per heavy atom. The molecule has 45 heavy (non-hydrogen) atoms. The summed E-state index contributed by atoms with van der Waals surface area (Å²) < 4.78 is 48.5. The van der Waals surface area contributed by atoms with Crippen LogP contribution in [0.4, 0.5) is 14.9 Å². The van der Waals surface area contributed by atoms with Gasteiger partial charge in [-0.1, -0.05) is 25.1 Å². The molecular formula is C33H41FN2O8S. The van der Waals surface area contributed by atoms with Crippen molar-refractivity contribution in [2.45, 2.75) is 62.1 Å². The normalized spacial score (nSPS) is 16.5. The van der Waals surface area contributed by atoms with Crippen molar-refractivity contribution in [3.8, 4) is 28.7 Å². The Morgan fingerprint density at radius 1 is 0.956 bits per heavy atom. The average molecular weight is 645 g/mol. The van der Waals surface area contributed by atoms with E-state index < -0.39 is 11.5 Å². The van der Waals surface area contributed by atoms with Gasteiger partial charge in [-0.05, 0) is 85.8 Å². The van der Waals surface area contributed by atoms with E-state index in [-0.39, 0.29) is 24.6 Å². The number of methoxy groups -OCH3 is 4. The second-order valence-corrected chi connectivity index (χ2v) is 11.8. The minimum Gasteiger partial charge on any atom is -0.493 e. The minimum atomic E-state index is -0.700. The molecule has 1 fully saturated rings. The summed E-state index contributed by atoms with van der Waals surface area (Å²) in [6.45, 7) is 3.99. The third kappa shape index (κ3) is 8.44. The predicted octanol–water partition coefficient (Wildman–Crippen LogP) is 7.99. The lowest BCUT2D eigenvalue weighted by molar-refractivity contribution is -0.0379. The first kappa shape index (κ1) is 34.0. The van der Waals surface area contributed by atoms with Gasteiger partial charge in [-0.25, -0.2) is 14.2 Å². The van der Waals surface area contributed by atoms with Crippen molar-refractivity contribution in [2.75, 3.05) is 40.3 Å². The molecule has 0 aliphatic carbocycles. The summed E-state index contributed by atoms with van der Waals surface area (Å²) in [6, 6.07) is 12.8. The molecule has 0 bridgehead atoms. The number of unbranched alkanes of at least 4 members (excludes halogenated alkanes) is 1. The SMILES string of the molecule is CCCCN(O)C(=O)Nc1cc(C2CCC(c3cc(OC)c(OC)c(OC)c3)O2)cc(OC)c1OC(C)Sc1ccc(F)cc1. The molecule has 3 unspecified atom stereocenters. The zero-order valence-corrected chi connectivity index (χ0v) is 27.2. The van der Waals surface area contributed by atoms with Crippen LogP contribution in [0.1, 0.15) is 62.9 Å². The van der Waals surface area contributed by atoms with Crippen LogP contribution in [-0.4, -0.2) is 56.7 Å². The third-order valence-electron chi connectivity index (χ3n) is 7.35. The van der Waals surface area contributed by atoms with Gasteiger partial charge in [0.25, 0.3) is 0 Å². The molecule has 2 amide bonds. The fourth-order valence-corrected chi connectivity index (χ4v) is 5.90. The molecule has 2 N–H and O–H groups in total. The van der Waals surface area contributed by atoms with Gasteiger partial charge in [-0.3, -0.25) is 5.21 Å². The summed E-state index contributed by atoms with van der Waals surface area (Å²) in [4.78, 5) is 13.8. The Hall–Kier alpha value is -3.87. The number of ether oxygens (including phenoxy) is 6. The molecule has 1 aliphatic heterocycles. The van der Waals surface area contributed by atoms with Gasteiger partial charge in [0.15, 0.2) is 23.0 Å². The largest absolute Gasteiger partial charge is 0.493 e. The molecular weight excluding hydrogens is 603 g/mol. The van der Waals surface area contributed by atoms with E-state index in [1.807, 2.05) is 32.0 Å². The maximum absolute atomic E-state index is 13.4. The van der Waals surface area contributed by atoms with Gasteiger partial charge in [0, 0.05) is 4.90 Å². The van der Waals surface area contributed by atoms with E-state index in [4.69, 9.17) is 28.4 Å². The van der Waals surface area contributed by atoms with E-state index in [2.05, 4.69) is 5.32 Å². The molecule has 3 atom stereocenters. The number of hydrogen-bond acceptors (Lipinski definition) is 9. The summed E-state index contributed by atoms with van der Waals surface area (Å²) in [5.74, 6) is 1.93. The lowest BCUT2D eigenvalue weighted by Crippen LogP contribution is -2.33. The van der Waals surface area contributed by atoms with E-state index >= 15 is 0 Å². The second kappa shape index (κ2) is 15.9. The Kier molecular flexibility index (Phi) is 12.0. The Morgan fingerprint density at radius 2 is 1.51 bits per heavy atom. The van der Waals surface area contributed by atoms with Crippen molar-refractivity contribution < 1.29 is 42.8 Å². The number of urea groups is 1. The fraction of sp³-hybridized carbons (Fsp3) is 0.424. The number of hydrogen-bond donors (Lipinski definition) is 2. The monoisotopic (exact) mass is 644 g/mol. The molecule has 12 heteroatoms. The maximum Gasteiger partial charge on any atom is 0.345 e. The van der Waals surface area contributed by atoms with Gasteiger partial charge < -0.3 is 33.7 Å². The van der Waals surface area contributed by atoms with Gasteiger partial charge in [0.05, 0.1) is 52.9 Å². The number of carbonyl (C=O) groups excluding carboxylic acids is 1. The van der Waals surface area contributed by atoms with Crippen LogP contribution < -0.4 is 29.0 Å². The van der Waals surface area contributed by atoms with Crippen molar-refractivity contribution in [3.63, 3.8) is 0 Å². The molecule has 3 aromatic rings. The highest BCUT2D eigenvalue weighted by Crippen LogP contribution is 2.48. The van der Waals surface area contributed by atoms with Crippen molar-refractivity contribution in [1.82, 2.24) is 5.06 Å². The number of anilines is 1. The molecule has 10 nitrogen and oxygen atoms in total. The Labute approximate surface area is 267 Å². The standard InChI is InChI=1S/C33H41FN2O8S/c1-7-8-15-36(38)33(37)35-25-16-21(17-28(39-3)31(25)43-20(2)45-24-11-9-23(34)10-12-24)26-13-14-27(44-26)22-18-29(40-4)32(42-6)30(19-22)41-5/h9-12,16-20,26-27,38H,7-8,13-15H2,1-6H3,(H,35,37). The zero-order chi connectivity index (χ0) is 32.5. The summed E-state index contributed by atoms with van der Waals surface area (Å²) in [6.07, 6.45) is 2.28. The zero-order valence-electron chi connectivity index (χ0n) is 26.4. The summed E-state index contributed by atoms with van der Waals surface area (Å²) in [5, 5.41) is 13.8. The molecule has 0 aromatic heterocycles. The summed E-state index contributed by atoms with van der Waals surface area (Å²) in [5.41, 5.74) is 1.52. The number of amides is 2. The second-order valence-electron chi connectivity index (χ2n) is 10.4. The quantitative estimate of drug-likeness (QED) is 0.0781. The minimum absolute atomic E-state index is 0.175. The van der Waals surface area contributed by atoms with E-state index in [1.54, 1.807) is 39.5 Å². The van der Waals surface area contributed by atoms with Gasteiger partial charge in [-0.15, -0.1) is 0 Å². The van der Waals surface area contributed by atoms with Crippen LogP contribution in [0.25, 0.3) is 0 Å². The van der Waals surface area contributed by atoms with E-state index in [1.165, 1.54) is 31.0 Å². The van der Waals surface area contributed by atoms with Gasteiger partial charge in [-0.2, -0.15) is 0 Å². The first-order chi connectivity index (χ1) is 21.7. The molecule has 3 aromatic carbocycles. The fourth-order valence-electron chi connectivity index (χ4n) is 5.07. The predicted molar refractivity (Wildman–Crippen MR) is 170 cm³/mol. The number of rotatable bonds is 14. The van der Waals surface area contributed by atoms with E-state index in [9.17, 15) is 14.4 Å². The van der Waals surface area contributed by atoms with Crippen molar-refractivity contribution >= 4 is 23.5 Å². The highest BCUT2D eigenvalue weighted by atomic mass is 32.2. The lowest BCUT2D eigenvalue weighted by Gasteiger charge is -2.24. The van der Waals surface area contributed by atoms with Crippen LogP contribution >= 0.6 is 11.8 Å². The molecule has 244 valence electrons. The Bertz CT molecular complexity index is 1420. The highest BCUT2D eigenvalue weighted by molar-refractivity contribution is 7.99. The van der Waals surface area contributed by atoms with Crippen LogP contribution in [0.5, 0.6) is 28.7 Å². The average Bonchev–Trinajstić information content (AvgIpc) is 3.55. The third-order valence-corrected chi connectivity index (χ3v) is 8.32. The number of halogens is 1. The van der Waals surface area contributed by atoms with Crippen molar-refractivity contribution in [2.24, 2.45) is 0 Å². The van der Waals surface area contributed by atoms with E-state index in [0.717, 1.165) is 28.9 Å². The van der Waals surface area contributed by atoms with Gasteiger partial charge in [0.1, 0.15) is 11.3 Å². The van der Waals surface area contributed by atoms with Crippen LogP contribution in [0.15, 0.2) is 53.4 Å². The number of carbonyl (C=O) groups is 1. The van der Waals surface area contributed by atoms with Crippen LogP contribution in [0, 0.1) is 5.82 Å². The van der Waals surface area contributed by atoms with Crippen LogP contribution in [0.2, 0.25) is 0 Å². The first-order valence-corrected chi connectivity index (χ1v) is 15.6. The molecule has 0 saturated carbocycles. The molecule has 1 heterocycles. The van der Waals surface area contributed by atoms with Crippen molar-refractivity contribution in [3.05, 3.63) is 65.5 Å². The highest BCUT2D eigenvalue weighted by Gasteiger charge is 2.31. The van der Waals surface area contributed by atoms with Crippen molar-refractivity contribution in [1.29, 1.82) is 0 Å². The molecule has 1 aliphatic rings. The molecule has 0 spiro atoms. The molecule has 0 radical (unpaired) electrons. The maximum atomic E-state index is 13.4. The number of thioether (sulfide) groups is 1. The Balaban J connectivity index is 1.63. The number of nitrogens with zero attached hydrogens (tertiary/aromatic N) is 1. The lowest BCUT2D eigenvalue weighted by atomic mass is 10.0. The summed E-state index contributed by atoms with van der Waals surface area (Å²) in [7, 11) is 6.21. The van der Waals surface area contributed by atoms with Gasteiger partial charge in [0.2, 0.25) is 5.75 Å². The summed E-state index contributed by atoms with van der Waals surface area (Å²) >= 11 is 1.38. The number of hydroxylamine groups is 2. The number of benzene rings is 3. The van der Waals surface area contributed by atoms with Gasteiger partial charge >= 0.3 is 6.03 Å².